The Morgan fingerprint density at radius 3 is 2.89 bits per heavy atom. The lowest BCUT2D eigenvalue weighted by Gasteiger charge is -2.23. The van der Waals surface area contributed by atoms with Crippen LogP contribution in [-0.4, -0.2) is 22.9 Å². The number of nitrogens with one attached hydrogen (secondary N) is 1. The summed E-state index contributed by atoms with van der Waals surface area (Å²) < 4.78 is 2.17. The maximum atomic E-state index is 4.58. The quantitative estimate of drug-likeness (QED) is 0.914. The molecule has 0 spiro atoms. The summed E-state index contributed by atoms with van der Waals surface area (Å²) >= 11 is 0. The van der Waals surface area contributed by atoms with Crippen LogP contribution in [0.2, 0.25) is 0 Å². The SMILES string of the molecule is Cc1c(-c2ccccc2)cnn1CC1CCCNC1. The van der Waals surface area contributed by atoms with Gasteiger partial charge in [0.15, 0.2) is 0 Å². The van der Waals surface area contributed by atoms with Crippen molar-refractivity contribution >= 4 is 0 Å². The van der Waals surface area contributed by atoms with E-state index in [-0.39, 0.29) is 0 Å². The summed E-state index contributed by atoms with van der Waals surface area (Å²) in [6, 6.07) is 10.5. The van der Waals surface area contributed by atoms with Gasteiger partial charge >= 0.3 is 0 Å². The summed E-state index contributed by atoms with van der Waals surface area (Å²) in [7, 11) is 0. The first kappa shape index (κ1) is 12.4. The summed E-state index contributed by atoms with van der Waals surface area (Å²) in [5, 5.41) is 8.05. The zero-order chi connectivity index (χ0) is 13.1. The highest BCUT2D eigenvalue weighted by molar-refractivity contribution is 5.64. The highest BCUT2D eigenvalue weighted by atomic mass is 15.3. The van der Waals surface area contributed by atoms with Gasteiger partial charge in [0.25, 0.3) is 0 Å². The highest BCUT2D eigenvalue weighted by Gasteiger charge is 2.16. The molecule has 3 rings (SSSR count). The average Bonchev–Trinajstić information content (AvgIpc) is 2.82. The van der Waals surface area contributed by atoms with Crippen molar-refractivity contribution in [1.29, 1.82) is 0 Å². The van der Waals surface area contributed by atoms with Crippen molar-refractivity contribution in [3.05, 3.63) is 42.2 Å². The Kier molecular flexibility index (Phi) is 3.65. The molecule has 1 unspecified atom stereocenters. The van der Waals surface area contributed by atoms with E-state index in [1.807, 2.05) is 6.20 Å². The summed E-state index contributed by atoms with van der Waals surface area (Å²) in [4.78, 5) is 0. The summed E-state index contributed by atoms with van der Waals surface area (Å²) in [6.45, 7) is 5.50. The normalized spacial score (nSPS) is 19.5. The molecule has 1 aromatic heterocycles. The van der Waals surface area contributed by atoms with Crippen molar-refractivity contribution < 1.29 is 0 Å². The van der Waals surface area contributed by atoms with Crippen LogP contribution in [0.1, 0.15) is 18.5 Å². The number of rotatable bonds is 3. The van der Waals surface area contributed by atoms with E-state index < -0.39 is 0 Å². The Morgan fingerprint density at radius 1 is 1.32 bits per heavy atom. The molecule has 100 valence electrons. The van der Waals surface area contributed by atoms with Crippen LogP contribution in [0.3, 0.4) is 0 Å². The molecule has 19 heavy (non-hydrogen) atoms. The molecule has 1 fully saturated rings. The number of nitrogens with zero attached hydrogens (tertiary/aromatic N) is 2. The van der Waals surface area contributed by atoms with Crippen LogP contribution in [-0.2, 0) is 6.54 Å². The van der Waals surface area contributed by atoms with E-state index in [9.17, 15) is 0 Å². The van der Waals surface area contributed by atoms with Gasteiger partial charge < -0.3 is 5.32 Å². The van der Waals surface area contributed by atoms with Crippen molar-refractivity contribution in [2.24, 2.45) is 5.92 Å². The number of aromatic nitrogens is 2. The fourth-order valence-corrected chi connectivity index (χ4v) is 2.86. The minimum atomic E-state index is 0.718. The van der Waals surface area contributed by atoms with Gasteiger partial charge in [0.1, 0.15) is 0 Å². The molecule has 0 radical (unpaired) electrons. The summed E-state index contributed by atoms with van der Waals surface area (Å²) in [5.74, 6) is 0.718. The number of piperidine rings is 1. The lowest BCUT2D eigenvalue weighted by molar-refractivity contribution is 0.323. The minimum absolute atomic E-state index is 0.718. The molecule has 1 aliphatic rings. The van der Waals surface area contributed by atoms with Crippen LogP contribution in [0.15, 0.2) is 36.5 Å². The van der Waals surface area contributed by atoms with Gasteiger partial charge in [-0.15, -0.1) is 0 Å². The topological polar surface area (TPSA) is 29.9 Å². The van der Waals surface area contributed by atoms with E-state index in [0.29, 0.717) is 0 Å². The first-order chi connectivity index (χ1) is 9.34. The van der Waals surface area contributed by atoms with Gasteiger partial charge in [-0.3, -0.25) is 4.68 Å². The Hall–Kier alpha value is -1.61. The van der Waals surface area contributed by atoms with Crippen LogP contribution in [0.4, 0.5) is 0 Å². The lowest BCUT2D eigenvalue weighted by Crippen LogP contribution is -2.32. The monoisotopic (exact) mass is 255 g/mol. The summed E-state index contributed by atoms with van der Waals surface area (Å²) in [6.07, 6.45) is 4.60. The van der Waals surface area contributed by atoms with Gasteiger partial charge in [0.2, 0.25) is 0 Å². The number of hydrogen-bond donors (Lipinski definition) is 1. The first-order valence-electron chi connectivity index (χ1n) is 7.13. The number of hydrogen-bond acceptors (Lipinski definition) is 2. The summed E-state index contributed by atoms with van der Waals surface area (Å²) in [5.41, 5.74) is 3.79. The zero-order valence-electron chi connectivity index (χ0n) is 11.5. The molecule has 0 saturated carbocycles. The molecule has 3 nitrogen and oxygen atoms in total. The standard InChI is InChI=1S/C16H21N3/c1-13-16(15-7-3-2-4-8-15)11-18-19(13)12-14-6-5-9-17-10-14/h2-4,7-8,11,14,17H,5-6,9-10,12H2,1H3. The predicted molar refractivity (Wildman–Crippen MR) is 78.0 cm³/mol. The molecule has 2 heterocycles. The molecule has 1 atom stereocenters. The highest BCUT2D eigenvalue weighted by Crippen LogP contribution is 2.23. The van der Waals surface area contributed by atoms with E-state index in [1.54, 1.807) is 0 Å². The van der Waals surface area contributed by atoms with Gasteiger partial charge in [0, 0.05) is 17.8 Å². The van der Waals surface area contributed by atoms with E-state index in [1.165, 1.54) is 36.2 Å². The fourth-order valence-electron chi connectivity index (χ4n) is 2.86. The Bertz CT molecular complexity index is 524. The molecular formula is C16H21N3. The Morgan fingerprint density at radius 2 is 2.16 bits per heavy atom. The van der Waals surface area contributed by atoms with Crippen LogP contribution >= 0.6 is 0 Å². The van der Waals surface area contributed by atoms with Crippen molar-refractivity contribution in [3.63, 3.8) is 0 Å². The maximum absolute atomic E-state index is 4.58. The minimum Gasteiger partial charge on any atom is -0.316 e. The number of benzene rings is 1. The molecule has 1 aromatic carbocycles. The Balaban J connectivity index is 1.79. The van der Waals surface area contributed by atoms with E-state index in [4.69, 9.17) is 0 Å². The van der Waals surface area contributed by atoms with Crippen molar-refractivity contribution in [1.82, 2.24) is 15.1 Å². The third-order valence-corrected chi connectivity index (χ3v) is 4.02. The molecule has 2 aromatic rings. The first-order valence-corrected chi connectivity index (χ1v) is 7.13. The maximum Gasteiger partial charge on any atom is 0.0571 e. The molecule has 0 amide bonds. The third kappa shape index (κ3) is 2.71. The van der Waals surface area contributed by atoms with Crippen molar-refractivity contribution in [2.75, 3.05) is 13.1 Å². The molecule has 0 aliphatic carbocycles. The van der Waals surface area contributed by atoms with Gasteiger partial charge in [0.05, 0.1) is 6.20 Å². The fraction of sp³-hybridized carbons (Fsp3) is 0.438. The van der Waals surface area contributed by atoms with Crippen LogP contribution in [0, 0.1) is 12.8 Å². The van der Waals surface area contributed by atoms with Crippen molar-refractivity contribution in [2.45, 2.75) is 26.3 Å². The second-order valence-electron chi connectivity index (χ2n) is 5.40. The zero-order valence-corrected chi connectivity index (χ0v) is 11.5. The molecule has 3 heteroatoms. The predicted octanol–water partition coefficient (Wildman–Crippen LogP) is 2.86. The average molecular weight is 255 g/mol. The molecule has 1 N–H and O–H groups in total. The molecule has 0 bridgehead atoms. The van der Waals surface area contributed by atoms with Crippen molar-refractivity contribution in [3.8, 4) is 11.1 Å². The Labute approximate surface area is 114 Å². The largest absolute Gasteiger partial charge is 0.316 e. The van der Waals surface area contributed by atoms with Gasteiger partial charge in [-0.2, -0.15) is 5.10 Å². The van der Waals surface area contributed by atoms with Gasteiger partial charge in [-0.05, 0) is 44.3 Å². The van der Waals surface area contributed by atoms with Gasteiger partial charge in [-0.1, -0.05) is 30.3 Å². The van der Waals surface area contributed by atoms with Crippen LogP contribution in [0.5, 0.6) is 0 Å². The van der Waals surface area contributed by atoms with Crippen LogP contribution in [0.25, 0.3) is 11.1 Å². The molecule has 1 aliphatic heterocycles. The second-order valence-corrected chi connectivity index (χ2v) is 5.40. The van der Waals surface area contributed by atoms with E-state index in [2.05, 4.69) is 52.4 Å². The third-order valence-electron chi connectivity index (χ3n) is 4.02. The second kappa shape index (κ2) is 5.57. The smallest absolute Gasteiger partial charge is 0.0571 e. The molecular weight excluding hydrogens is 234 g/mol. The van der Waals surface area contributed by atoms with Gasteiger partial charge in [-0.25, -0.2) is 0 Å². The van der Waals surface area contributed by atoms with E-state index in [0.717, 1.165) is 19.0 Å². The van der Waals surface area contributed by atoms with E-state index >= 15 is 0 Å². The molecule has 1 saturated heterocycles. The lowest BCUT2D eigenvalue weighted by atomic mass is 9.99. The van der Waals surface area contributed by atoms with Crippen LogP contribution < -0.4 is 5.32 Å².